The van der Waals surface area contributed by atoms with Gasteiger partial charge in [0.25, 0.3) is 0 Å². The van der Waals surface area contributed by atoms with Gasteiger partial charge in [-0.3, -0.25) is 4.68 Å². The lowest BCUT2D eigenvalue weighted by molar-refractivity contribution is -0.140. The number of imidazole rings is 1. The second-order valence-electron chi connectivity index (χ2n) is 9.05. The molecule has 36 heavy (non-hydrogen) atoms. The molecular formula is C24H26ClF3N8. The van der Waals surface area contributed by atoms with Crippen molar-refractivity contribution in [3.05, 3.63) is 53.2 Å². The number of rotatable bonds is 6. The topological polar surface area (TPSA) is 78.4 Å². The highest BCUT2D eigenvalue weighted by molar-refractivity contribution is 6.32. The lowest BCUT2D eigenvalue weighted by atomic mass is 10.1. The van der Waals surface area contributed by atoms with Crippen molar-refractivity contribution in [2.45, 2.75) is 65.0 Å². The molecule has 1 aliphatic heterocycles. The van der Waals surface area contributed by atoms with Crippen LogP contribution < -0.4 is 5.32 Å². The molecule has 12 heteroatoms. The quantitative estimate of drug-likeness (QED) is 0.327. The summed E-state index contributed by atoms with van der Waals surface area (Å²) in [6, 6.07) is 7.27. The van der Waals surface area contributed by atoms with Crippen molar-refractivity contribution in [2.24, 2.45) is 0 Å². The molecule has 0 bridgehead atoms. The Morgan fingerprint density at radius 2 is 1.92 bits per heavy atom. The third-order valence-electron chi connectivity index (χ3n) is 6.22. The molecule has 0 saturated carbocycles. The summed E-state index contributed by atoms with van der Waals surface area (Å²) in [7, 11) is 0. The zero-order chi connectivity index (χ0) is 25.6. The molecule has 0 radical (unpaired) electrons. The number of alkyl halides is 3. The van der Waals surface area contributed by atoms with Crippen LogP contribution in [0.15, 0.2) is 36.7 Å². The van der Waals surface area contributed by atoms with Crippen LogP contribution in [-0.4, -0.2) is 34.1 Å². The van der Waals surface area contributed by atoms with E-state index in [1.54, 1.807) is 25.3 Å². The lowest BCUT2D eigenvalue weighted by Crippen LogP contribution is -2.22. The number of aryl methyl sites for hydroxylation is 2. The van der Waals surface area contributed by atoms with Crippen LogP contribution in [0.1, 0.15) is 57.2 Å². The van der Waals surface area contributed by atoms with Gasteiger partial charge in [0.15, 0.2) is 5.69 Å². The van der Waals surface area contributed by atoms with Crippen molar-refractivity contribution in [1.82, 2.24) is 34.1 Å². The maximum Gasteiger partial charge on any atom is 0.434 e. The third-order valence-corrected chi connectivity index (χ3v) is 6.49. The average molecular weight is 519 g/mol. The van der Waals surface area contributed by atoms with Gasteiger partial charge in [0.2, 0.25) is 5.82 Å². The SMILES string of the molecule is CCn1cc(C(F)(F)F)nc1-c1ccc(NC2CCCn3nc(-c4c(Cl)cnn4C(C)C)nc32)cc1. The highest BCUT2D eigenvalue weighted by atomic mass is 35.5. The van der Waals surface area contributed by atoms with Gasteiger partial charge >= 0.3 is 6.18 Å². The summed E-state index contributed by atoms with van der Waals surface area (Å²) >= 11 is 6.41. The van der Waals surface area contributed by atoms with Crippen molar-refractivity contribution in [2.75, 3.05) is 5.32 Å². The highest BCUT2D eigenvalue weighted by Gasteiger charge is 2.35. The number of nitrogens with one attached hydrogen (secondary N) is 1. The fourth-order valence-electron chi connectivity index (χ4n) is 4.47. The Hall–Kier alpha value is -3.34. The van der Waals surface area contributed by atoms with Gasteiger partial charge in [-0.05, 0) is 57.9 Å². The minimum atomic E-state index is -4.48. The fraction of sp³-hybridized carbons (Fsp3) is 0.417. The van der Waals surface area contributed by atoms with Gasteiger partial charge in [0.05, 0.1) is 17.3 Å². The third kappa shape index (κ3) is 4.47. The van der Waals surface area contributed by atoms with Crippen LogP contribution in [0.25, 0.3) is 22.9 Å². The number of halogens is 4. The van der Waals surface area contributed by atoms with Crippen molar-refractivity contribution in [3.63, 3.8) is 0 Å². The number of fused-ring (bicyclic) bond motifs is 1. The van der Waals surface area contributed by atoms with E-state index in [9.17, 15) is 13.2 Å². The fourth-order valence-corrected chi connectivity index (χ4v) is 4.69. The largest absolute Gasteiger partial charge is 0.434 e. The van der Waals surface area contributed by atoms with Gasteiger partial charge in [-0.15, -0.1) is 5.10 Å². The van der Waals surface area contributed by atoms with Crippen molar-refractivity contribution >= 4 is 17.3 Å². The van der Waals surface area contributed by atoms with Crippen LogP contribution in [0.2, 0.25) is 5.02 Å². The average Bonchev–Trinajstić information content (AvgIpc) is 3.55. The molecule has 0 saturated heterocycles. The number of aromatic nitrogens is 7. The summed E-state index contributed by atoms with van der Waals surface area (Å²) in [5, 5.41) is 13.1. The molecule has 3 aromatic heterocycles. The van der Waals surface area contributed by atoms with Gasteiger partial charge < -0.3 is 9.88 Å². The minimum Gasteiger partial charge on any atom is -0.375 e. The first-order valence-electron chi connectivity index (χ1n) is 11.8. The van der Waals surface area contributed by atoms with Crippen molar-refractivity contribution in [3.8, 4) is 22.9 Å². The van der Waals surface area contributed by atoms with E-state index in [4.69, 9.17) is 21.7 Å². The summed E-state index contributed by atoms with van der Waals surface area (Å²) in [5.74, 6) is 1.64. The zero-order valence-corrected chi connectivity index (χ0v) is 20.8. The number of anilines is 1. The maximum atomic E-state index is 13.1. The molecule has 4 heterocycles. The number of nitrogens with zero attached hydrogens (tertiary/aromatic N) is 7. The molecule has 1 aliphatic rings. The zero-order valence-electron chi connectivity index (χ0n) is 20.1. The van der Waals surface area contributed by atoms with Crippen molar-refractivity contribution < 1.29 is 13.2 Å². The number of benzene rings is 1. The van der Waals surface area contributed by atoms with E-state index in [-0.39, 0.29) is 17.9 Å². The maximum absolute atomic E-state index is 13.1. The van der Waals surface area contributed by atoms with E-state index in [0.29, 0.717) is 28.6 Å². The van der Waals surface area contributed by atoms with E-state index in [0.717, 1.165) is 37.1 Å². The first kappa shape index (κ1) is 24.4. The molecule has 1 unspecified atom stereocenters. The summed E-state index contributed by atoms with van der Waals surface area (Å²) in [6.45, 7) is 6.98. The van der Waals surface area contributed by atoms with Gasteiger partial charge in [-0.2, -0.15) is 18.3 Å². The molecule has 1 N–H and O–H groups in total. The van der Waals surface area contributed by atoms with E-state index >= 15 is 0 Å². The molecule has 5 rings (SSSR count). The van der Waals surface area contributed by atoms with E-state index in [1.807, 2.05) is 35.3 Å². The molecule has 8 nitrogen and oxygen atoms in total. The molecule has 1 aromatic carbocycles. The Morgan fingerprint density at radius 3 is 2.58 bits per heavy atom. The van der Waals surface area contributed by atoms with Crippen molar-refractivity contribution in [1.29, 1.82) is 0 Å². The highest BCUT2D eigenvalue weighted by Crippen LogP contribution is 2.34. The predicted octanol–water partition coefficient (Wildman–Crippen LogP) is 6.23. The molecule has 190 valence electrons. The van der Waals surface area contributed by atoms with E-state index in [1.165, 1.54) is 4.57 Å². The number of hydrogen-bond donors (Lipinski definition) is 1. The Morgan fingerprint density at radius 1 is 1.17 bits per heavy atom. The number of hydrogen-bond acceptors (Lipinski definition) is 5. The van der Waals surface area contributed by atoms with Gasteiger partial charge in [0.1, 0.15) is 17.3 Å². The lowest BCUT2D eigenvalue weighted by Gasteiger charge is -2.24. The van der Waals surface area contributed by atoms with Gasteiger partial charge in [-0.25, -0.2) is 14.6 Å². The van der Waals surface area contributed by atoms with E-state index < -0.39 is 11.9 Å². The first-order valence-corrected chi connectivity index (χ1v) is 12.2. The molecular weight excluding hydrogens is 493 g/mol. The summed E-state index contributed by atoms with van der Waals surface area (Å²) < 4.78 is 44.6. The Kier molecular flexibility index (Phi) is 6.27. The van der Waals surface area contributed by atoms with Crippen LogP contribution in [0.3, 0.4) is 0 Å². The summed E-state index contributed by atoms with van der Waals surface area (Å²) in [5.41, 5.74) is 1.25. The van der Waals surface area contributed by atoms with Crippen LogP contribution in [-0.2, 0) is 19.3 Å². The predicted molar refractivity (Wildman–Crippen MR) is 131 cm³/mol. The van der Waals surface area contributed by atoms with Crippen LogP contribution in [0.4, 0.5) is 18.9 Å². The van der Waals surface area contributed by atoms with Crippen LogP contribution >= 0.6 is 11.6 Å². The van der Waals surface area contributed by atoms with E-state index in [2.05, 4.69) is 15.4 Å². The second-order valence-corrected chi connectivity index (χ2v) is 9.45. The molecule has 0 amide bonds. The molecule has 0 fully saturated rings. The molecule has 0 spiro atoms. The van der Waals surface area contributed by atoms with Gasteiger partial charge in [-0.1, -0.05) is 11.6 Å². The summed E-state index contributed by atoms with van der Waals surface area (Å²) in [6.07, 6.45) is -0.0339. The Labute approximate surface area is 211 Å². The normalized spacial score (nSPS) is 15.9. The molecule has 4 aromatic rings. The summed E-state index contributed by atoms with van der Waals surface area (Å²) in [4.78, 5) is 8.64. The monoisotopic (exact) mass is 518 g/mol. The second kappa shape index (κ2) is 9.27. The Balaban J connectivity index is 1.39. The standard InChI is InChI=1S/C24H26ClF3N8/c1-4-34-13-19(24(26,27)28)31-22(34)15-7-9-16(10-8-15)30-18-6-5-11-35-23(18)32-21(33-35)20-17(25)12-29-36(20)14(2)3/h7-10,12-14,18,30H,4-6,11H2,1-3H3. The minimum absolute atomic E-state index is 0.0745. The molecule has 0 aliphatic carbocycles. The smallest absolute Gasteiger partial charge is 0.375 e. The Bertz CT molecular complexity index is 1370. The van der Waals surface area contributed by atoms with Crippen LogP contribution in [0.5, 0.6) is 0 Å². The van der Waals surface area contributed by atoms with Gasteiger partial charge in [0, 0.05) is 36.6 Å². The first-order chi connectivity index (χ1) is 17.2. The molecule has 1 atom stereocenters. The van der Waals surface area contributed by atoms with Crippen LogP contribution in [0, 0.1) is 0 Å².